The Hall–Kier alpha value is -0.870. The molecule has 2 rings (SSSR count). The average molecular weight is 284 g/mol. The second-order valence-electron chi connectivity index (χ2n) is 4.28. The van der Waals surface area contributed by atoms with Crippen LogP contribution in [-0.4, -0.2) is 18.6 Å². The highest BCUT2D eigenvalue weighted by Crippen LogP contribution is 2.27. The van der Waals surface area contributed by atoms with Gasteiger partial charge < -0.3 is 10.1 Å². The van der Waals surface area contributed by atoms with E-state index in [1.807, 2.05) is 31.2 Å². The molecule has 0 spiro atoms. The van der Waals surface area contributed by atoms with Crippen molar-refractivity contribution in [2.45, 2.75) is 25.5 Å². The molecule has 4 heteroatoms. The number of benzene rings is 1. The molecule has 0 radical (unpaired) electrons. The number of hydrogen-bond acceptors (Lipinski definition) is 2. The number of amides is 1. The first-order valence-electron chi connectivity index (χ1n) is 5.21. The largest absolute Gasteiger partial charge is 0.366 e. The number of morpholine rings is 1. The van der Waals surface area contributed by atoms with Gasteiger partial charge in [0, 0.05) is 4.47 Å². The van der Waals surface area contributed by atoms with Crippen LogP contribution in [0.2, 0.25) is 0 Å². The molecule has 0 unspecified atom stereocenters. The number of hydrogen-bond donors (Lipinski definition) is 1. The summed E-state index contributed by atoms with van der Waals surface area (Å²) in [4.78, 5) is 11.6. The second kappa shape index (κ2) is 4.18. The third-order valence-corrected chi connectivity index (χ3v) is 3.35. The molecule has 3 nitrogen and oxygen atoms in total. The summed E-state index contributed by atoms with van der Waals surface area (Å²) in [6.07, 6.45) is -0.361. The first kappa shape index (κ1) is 11.6. The van der Waals surface area contributed by atoms with E-state index in [1.165, 1.54) is 0 Å². The molecule has 0 aromatic heterocycles. The van der Waals surface area contributed by atoms with Gasteiger partial charge in [0.1, 0.15) is 6.10 Å². The van der Waals surface area contributed by atoms with Crippen LogP contribution in [-0.2, 0) is 15.1 Å². The van der Waals surface area contributed by atoms with Crippen molar-refractivity contribution < 1.29 is 9.53 Å². The van der Waals surface area contributed by atoms with Gasteiger partial charge in [-0.2, -0.15) is 0 Å². The summed E-state index contributed by atoms with van der Waals surface area (Å²) in [7, 11) is 0. The Bertz CT molecular complexity index is 421. The van der Waals surface area contributed by atoms with Crippen LogP contribution in [0.15, 0.2) is 28.7 Å². The fourth-order valence-electron chi connectivity index (χ4n) is 1.76. The van der Waals surface area contributed by atoms with Gasteiger partial charge in [0.15, 0.2) is 0 Å². The minimum absolute atomic E-state index is 0.0614. The molecule has 1 N–H and O–H groups in total. The minimum atomic E-state index is -0.437. The molecule has 16 heavy (non-hydrogen) atoms. The molecule has 1 aromatic carbocycles. The molecule has 1 fully saturated rings. The molecule has 0 bridgehead atoms. The SMILES string of the molecule is C[C@@H]1OC[C@@](C)(c2cccc(Br)c2)NC1=O. The predicted molar refractivity (Wildman–Crippen MR) is 65.1 cm³/mol. The molecule has 1 aromatic rings. The fourth-order valence-corrected chi connectivity index (χ4v) is 2.16. The minimum Gasteiger partial charge on any atom is -0.366 e. The molecule has 1 aliphatic rings. The molecule has 1 heterocycles. The van der Waals surface area contributed by atoms with Crippen molar-refractivity contribution in [1.82, 2.24) is 5.32 Å². The second-order valence-corrected chi connectivity index (χ2v) is 5.20. The van der Waals surface area contributed by atoms with Crippen molar-refractivity contribution in [3.8, 4) is 0 Å². The van der Waals surface area contributed by atoms with Crippen LogP contribution in [0.3, 0.4) is 0 Å². The fraction of sp³-hybridized carbons (Fsp3) is 0.417. The van der Waals surface area contributed by atoms with Crippen molar-refractivity contribution >= 4 is 21.8 Å². The number of ether oxygens (including phenoxy) is 1. The lowest BCUT2D eigenvalue weighted by atomic mass is 9.91. The number of nitrogens with one attached hydrogen (secondary N) is 1. The van der Waals surface area contributed by atoms with E-state index in [1.54, 1.807) is 6.92 Å². The summed E-state index contributed by atoms with van der Waals surface area (Å²) in [5.41, 5.74) is 0.607. The zero-order valence-electron chi connectivity index (χ0n) is 9.29. The summed E-state index contributed by atoms with van der Waals surface area (Å²) in [5, 5.41) is 3.00. The lowest BCUT2D eigenvalue weighted by molar-refractivity contribution is -0.143. The highest BCUT2D eigenvalue weighted by atomic mass is 79.9. The van der Waals surface area contributed by atoms with Crippen LogP contribution in [0.4, 0.5) is 0 Å². The Morgan fingerprint density at radius 1 is 1.56 bits per heavy atom. The van der Waals surface area contributed by atoms with E-state index in [4.69, 9.17) is 4.74 Å². The van der Waals surface area contributed by atoms with Crippen LogP contribution in [0.5, 0.6) is 0 Å². The van der Waals surface area contributed by atoms with Gasteiger partial charge in [-0.05, 0) is 31.5 Å². The zero-order valence-corrected chi connectivity index (χ0v) is 10.9. The normalized spacial score (nSPS) is 29.9. The molecule has 2 atom stereocenters. The van der Waals surface area contributed by atoms with E-state index in [-0.39, 0.29) is 12.0 Å². The van der Waals surface area contributed by atoms with Crippen molar-refractivity contribution in [3.63, 3.8) is 0 Å². The van der Waals surface area contributed by atoms with Gasteiger partial charge in [-0.25, -0.2) is 0 Å². The molecule has 1 aliphatic heterocycles. The third kappa shape index (κ3) is 2.13. The van der Waals surface area contributed by atoms with Crippen molar-refractivity contribution in [2.75, 3.05) is 6.61 Å². The maximum absolute atomic E-state index is 11.6. The predicted octanol–water partition coefficient (Wildman–Crippen LogP) is 2.20. The first-order valence-corrected chi connectivity index (χ1v) is 6.00. The standard InChI is InChI=1S/C12H14BrNO2/c1-8-11(15)14-12(2,7-16-8)9-4-3-5-10(13)6-9/h3-6,8H,7H2,1-2H3,(H,14,15)/t8-,12-/m0/s1. The molecular formula is C12H14BrNO2. The quantitative estimate of drug-likeness (QED) is 0.858. The Kier molecular flexibility index (Phi) is 3.04. The molecular weight excluding hydrogens is 270 g/mol. The summed E-state index contributed by atoms with van der Waals surface area (Å²) in [6.45, 7) is 4.23. The molecule has 86 valence electrons. The van der Waals surface area contributed by atoms with E-state index in [2.05, 4.69) is 21.2 Å². The Morgan fingerprint density at radius 2 is 2.31 bits per heavy atom. The molecule has 1 saturated heterocycles. The van der Waals surface area contributed by atoms with E-state index >= 15 is 0 Å². The van der Waals surface area contributed by atoms with E-state index in [9.17, 15) is 4.79 Å². The van der Waals surface area contributed by atoms with Crippen LogP contribution < -0.4 is 5.32 Å². The first-order chi connectivity index (χ1) is 7.51. The Morgan fingerprint density at radius 3 is 2.94 bits per heavy atom. The summed E-state index contributed by atoms with van der Waals surface area (Å²) >= 11 is 3.43. The van der Waals surface area contributed by atoms with E-state index in [0.717, 1.165) is 10.0 Å². The maximum Gasteiger partial charge on any atom is 0.249 e. The van der Waals surface area contributed by atoms with Crippen molar-refractivity contribution in [1.29, 1.82) is 0 Å². The molecule has 0 saturated carbocycles. The highest BCUT2D eigenvalue weighted by Gasteiger charge is 2.36. The van der Waals surface area contributed by atoms with Gasteiger partial charge in [0.2, 0.25) is 5.91 Å². The van der Waals surface area contributed by atoms with Gasteiger partial charge in [0.05, 0.1) is 12.1 Å². The van der Waals surface area contributed by atoms with E-state index in [0.29, 0.717) is 6.61 Å². The number of carbonyl (C=O) groups excluding carboxylic acids is 1. The maximum atomic E-state index is 11.6. The van der Waals surface area contributed by atoms with E-state index < -0.39 is 5.54 Å². The van der Waals surface area contributed by atoms with Gasteiger partial charge in [0.25, 0.3) is 0 Å². The summed E-state index contributed by atoms with van der Waals surface area (Å²) in [5.74, 6) is -0.0614. The lowest BCUT2D eigenvalue weighted by Crippen LogP contribution is -2.55. The Balaban J connectivity index is 2.29. The van der Waals surface area contributed by atoms with Gasteiger partial charge in [-0.15, -0.1) is 0 Å². The highest BCUT2D eigenvalue weighted by molar-refractivity contribution is 9.10. The summed E-state index contributed by atoms with van der Waals surface area (Å²) < 4.78 is 6.47. The smallest absolute Gasteiger partial charge is 0.249 e. The lowest BCUT2D eigenvalue weighted by Gasteiger charge is -2.37. The number of carbonyl (C=O) groups is 1. The van der Waals surface area contributed by atoms with Crippen molar-refractivity contribution in [2.24, 2.45) is 0 Å². The van der Waals surface area contributed by atoms with Crippen LogP contribution >= 0.6 is 15.9 Å². The van der Waals surface area contributed by atoms with Gasteiger partial charge in [-0.1, -0.05) is 28.1 Å². The summed E-state index contributed by atoms with van der Waals surface area (Å²) in [6, 6.07) is 7.90. The monoisotopic (exact) mass is 283 g/mol. The molecule has 1 amide bonds. The molecule has 0 aliphatic carbocycles. The topological polar surface area (TPSA) is 38.3 Å². The van der Waals surface area contributed by atoms with Crippen LogP contribution in [0.25, 0.3) is 0 Å². The number of rotatable bonds is 1. The number of halogens is 1. The third-order valence-electron chi connectivity index (χ3n) is 2.85. The van der Waals surface area contributed by atoms with Crippen LogP contribution in [0, 0.1) is 0 Å². The van der Waals surface area contributed by atoms with Gasteiger partial charge in [-0.3, -0.25) is 4.79 Å². The van der Waals surface area contributed by atoms with Crippen molar-refractivity contribution in [3.05, 3.63) is 34.3 Å². The van der Waals surface area contributed by atoms with Crippen LogP contribution in [0.1, 0.15) is 19.4 Å². The Labute approximate surface area is 103 Å². The van der Waals surface area contributed by atoms with Gasteiger partial charge >= 0.3 is 0 Å². The average Bonchev–Trinajstić information content (AvgIpc) is 2.24. The zero-order chi connectivity index (χ0) is 11.8.